The van der Waals surface area contributed by atoms with Crippen LogP contribution in [0, 0.1) is 11.2 Å². The normalized spacial score (nSPS) is 11.5. The molecule has 0 radical (unpaired) electrons. The summed E-state index contributed by atoms with van der Waals surface area (Å²) in [5, 5.41) is 0.212. The number of benzene rings is 1. The Hall–Kier alpha value is -0.600. The first-order chi connectivity index (χ1) is 6.86. The maximum absolute atomic E-state index is 13.0. The highest BCUT2D eigenvalue weighted by atomic mass is 35.5. The van der Waals surface area contributed by atoms with Gasteiger partial charge in [0.1, 0.15) is 5.82 Å². The molecule has 0 bridgehead atoms. The van der Waals surface area contributed by atoms with Crippen molar-refractivity contribution in [2.24, 2.45) is 5.41 Å². The molecular weight excluding hydrogens is 238 g/mol. The summed E-state index contributed by atoms with van der Waals surface area (Å²) in [6.45, 7) is 3.42. The molecule has 15 heavy (non-hydrogen) atoms. The Balaban J connectivity index is 3.12. The number of carbonyl (C=O) groups is 1. The fraction of sp³-hybridized carbons (Fsp3) is 0.364. The van der Waals surface area contributed by atoms with Crippen LogP contribution >= 0.6 is 23.2 Å². The van der Waals surface area contributed by atoms with E-state index in [9.17, 15) is 9.18 Å². The minimum absolute atomic E-state index is 0.181. The van der Waals surface area contributed by atoms with Crippen molar-refractivity contribution in [3.05, 3.63) is 34.6 Å². The van der Waals surface area contributed by atoms with Gasteiger partial charge < -0.3 is 0 Å². The lowest BCUT2D eigenvalue weighted by molar-refractivity contribution is 0.0861. The van der Waals surface area contributed by atoms with Gasteiger partial charge in [-0.25, -0.2) is 4.39 Å². The Bertz CT molecular complexity index is 368. The van der Waals surface area contributed by atoms with Crippen LogP contribution in [-0.2, 0) is 0 Å². The molecule has 1 rings (SSSR count). The first-order valence-electron chi connectivity index (χ1n) is 4.43. The highest BCUT2D eigenvalue weighted by Gasteiger charge is 2.28. The third-order valence-electron chi connectivity index (χ3n) is 2.07. The number of halogens is 3. The number of alkyl halides is 1. The van der Waals surface area contributed by atoms with E-state index in [2.05, 4.69) is 0 Å². The highest BCUT2D eigenvalue weighted by Crippen LogP contribution is 2.25. The number of hydrogen-bond donors (Lipinski definition) is 0. The van der Waals surface area contributed by atoms with Gasteiger partial charge in [-0.1, -0.05) is 25.4 Å². The minimum Gasteiger partial charge on any atom is -0.294 e. The van der Waals surface area contributed by atoms with Crippen LogP contribution in [0.5, 0.6) is 0 Å². The van der Waals surface area contributed by atoms with E-state index in [4.69, 9.17) is 23.2 Å². The van der Waals surface area contributed by atoms with E-state index < -0.39 is 11.2 Å². The van der Waals surface area contributed by atoms with Gasteiger partial charge >= 0.3 is 0 Å². The predicted molar refractivity (Wildman–Crippen MR) is 60.2 cm³/mol. The molecule has 0 atom stereocenters. The summed E-state index contributed by atoms with van der Waals surface area (Å²) in [6.07, 6.45) is 0. The fourth-order valence-corrected chi connectivity index (χ4v) is 1.48. The van der Waals surface area contributed by atoms with Crippen molar-refractivity contribution in [1.82, 2.24) is 0 Å². The predicted octanol–water partition coefficient (Wildman–Crippen LogP) is 3.93. The zero-order valence-electron chi connectivity index (χ0n) is 8.48. The van der Waals surface area contributed by atoms with Gasteiger partial charge in [0.25, 0.3) is 0 Å². The summed E-state index contributed by atoms with van der Waals surface area (Å²) >= 11 is 11.3. The summed E-state index contributed by atoms with van der Waals surface area (Å²) in [4.78, 5) is 11.9. The number of ketones is 1. The maximum Gasteiger partial charge on any atom is 0.169 e. The third kappa shape index (κ3) is 2.93. The van der Waals surface area contributed by atoms with Crippen molar-refractivity contribution >= 4 is 29.0 Å². The van der Waals surface area contributed by atoms with Gasteiger partial charge in [0.05, 0.1) is 0 Å². The molecule has 0 unspecified atom stereocenters. The first kappa shape index (κ1) is 12.5. The van der Waals surface area contributed by atoms with E-state index in [0.29, 0.717) is 0 Å². The van der Waals surface area contributed by atoms with Crippen LogP contribution in [0.15, 0.2) is 18.2 Å². The van der Waals surface area contributed by atoms with Crippen LogP contribution < -0.4 is 0 Å². The monoisotopic (exact) mass is 248 g/mol. The quantitative estimate of drug-likeness (QED) is 0.586. The van der Waals surface area contributed by atoms with Crippen molar-refractivity contribution in [1.29, 1.82) is 0 Å². The van der Waals surface area contributed by atoms with Crippen molar-refractivity contribution in [2.75, 3.05) is 5.88 Å². The second-order valence-corrected chi connectivity index (χ2v) is 4.71. The molecule has 82 valence electrons. The van der Waals surface area contributed by atoms with Gasteiger partial charge in [-0.2, -0.15) is 0 Å². The lowest BCUT2D eigenvalue weighted by Gasteiger charge is -2.19. The SMILES string of the molecule is CC(C)(CCl)C(=O)c1cc(F)cc(Cl)c1. The Labute approximate surface area is 98.2 Å². The molecule has 0 saturated carbocycles. The van der Waals surface area contributed by atoms with Crippen molar-refractivity contribution < 1.29 is 9.18 Å². The zero-order valence-corrected chi connectivity index (χ0v) is 9.99. The van der Waals surface area contributed by atoms with Crippen LogP contribution in [0.3, 0.4) is 0 Å². The van der Waals surface area contributed by atoms with E-state index in [-0.39, 0.29) is 22.2 Å². The molecule has 0 spiro atoms. The molecule has 0 saturated heterocycles. The smallest absolute Gasteiger partial charge is 0.169 e. The second-order valence-electron chi connectivity index (χ2n) is 4.00. The molecular formula is C11H11Cl2FO. The van der Waals surface area contributed by atoms with E-state index in [1.165, 1.54) is 12.1 Å². The summed E-state index contributed by atoms with van der Waals surface area (Å²) in [6, 6.07) is 3.77. The summed E-state index contributed by atoms with van der Waals surface area (Å²) < 4.78 is 13.0. The number of rotatable bonds is 3. The number of hydrogen-bond acceptors (Lipinski definition) is 1. The maximum atomic E-state index is 13.0. The molecule has 0 amide bonds. The standard InChI is InChI=1S/C11H11Cl2FO/c1-11(2,6-12)10(15)7-3-8(13)5-9(14)4-7/h3-5H,6H2,1-2H3. The molecule has 1 nitrogen and oxygen atoms in total. The van der Waals surface area contributed by atoms with Crippen LogP contribution in [0.4, 0.5) is 4.39 Å². The number of Topliss-reactive ketones (excluding diaryl/α,β-unsaturated/α-hetero) is 1. The second kappa shape index (κ2) is 4.50. The van der Waals surface area contributed by atoms with Gasteiger partial charge in [-0.15, -0.1) is 11.6 Å². The highest BCUT2D eigenvalue weighted by molar-refractivity contribution is 6.31. The fourth-order valence-electron chi connectivity index (χ4n) is 1.14. The Morgan fingerprint density at radius 3 is 2.47 bits per heavy atom. The molecule has 0 aliphatic heterocycles. The molecule has 4 heteroatoms. The lowest BCUT2D eigenvalue weighted by Crippen LogP contribution is -2.26. The summed E-state index contributed by atoms with van der Waals surface area (Å²) in [5.74, 6) is -0.546. The van der Waals surface area contributed by atoms with Crippen LogP contribution in [0.2, 0.25) is 5.02 Å². The molecule has 1 aromatic rings. The van der Waals surface area contributed by atoms with E-state index >= 15 is 0 Å². The Morgan fingerprint density at radius 2 is 2.00 bits per heavy atom. The average Bonchev–Trinajstić information content (AvgIpc) is 2.15. The van der Waals surface area contributed by atoms with Gasteiger partial charge in [-0.05, 0) is 18.2 Å². The molecule has 0 aromatic heterocycles. The Kier molecular flexibility index (Phi) is 3.74. The molecule has 0 aliphatic carbocycles. The van der Waals surface area contributed by atoms with Crippen LogP contribution in [0.25, 0.3) is 0 Å². The minimum atomic E-state index is -0.710. The van der Waals surface area contributed by atoms with Gasteiger partial charge in [0, 0.05) is 21.9 Å². The molecule has 0 N–H and O–H groups in total. The van der Waals surface area contributed by atoms with Crippen LogP contribution in [-0.4, -0.2) is 11.7 Å². The zero-order chi connectivity index (χ0) is 11.6. The average molecular weight is 249 g/mol. The topological polar surface area (TPSA) is 17.1 Å². The molecule has 0 fully saturated rings. The first-order valence-corrected chi connectivity index (χ1v) is 5.35. The van der Waals surface area contributed by atoms with Crippen molar-refractivity contribution in [3.63, 3.8) is 0 Å². The number of carbonyl (C=O) groups excluding carboxylic acids is 1. The van der Waals surface area contributed by atoms with E-state index in [0.717, 1.165) is 6.07 Å². The van der Waals surface area contributed by atoms with Gasteiger partial charge in [0.15, 0.2) is 5.78 Å². The van der Waals surface area contributed by atoms with Crippen molar-refractivity contribution in [2.45, 2.75) is 13.8 Å². The van der Waals surface area contributed by atoms with E-state index in [1.807, 2.05) is 0 Å². The van der Waals surface area contributed by atoms with Gasteiger partial charge in [0.2, 0.25) is 0 Å². The molecule has 0 heterocycles. The molecule has 1 aromatic carbocycles. The lowest BCUT2D eigenvalue weighted by atomic mass is 9.86. The third-order valence-corrected chi connectivity index (χ3v) is 2.96. The summed E-state index contributed by atoms with van der Waals surface area (Å²) in [7, 11) is 0. The molecule has 0 aliphatic rings. The van der Waals surface area contributed by atoms with Crippen LogP contribution in [0.1, 0.15) is 24.2 Å². The summed E-state index contributed by atoms with van der Waals surface area (Å²) in [5.41, 5.74) is -0.454. The largest absolute Gasteiger partial charge is 0.294 e. The van der Waals surface area contributed by atoms with Crippen molar-refractivity contribution in [3.8, 4) is 0 Å². The van der Waals surface area contributed by atoms with E-state index in [1.54, 1.807) is 13.8 Å². The van der Waals surface area contributed by atoms with Gasteiger partial charge in [-0.3, -0.25) is 4.79 Å². The Morgan fingerprint density at radius 1 is 1.40 bits per heavy atom.